The number of aryl methyl sites for hydroxylation is 1. The molecule has 1 aliphatic rings. The SMILES string of the molecule is C/C(=N/NC(=O)C1CC(c2ccc(C)s2)NN1)c1cccc([N+](=O)[O-])c1. The van der Waals surface area contributed by atoms with Crippen molar-refractivity contribution in [3.63, 3.8) is 0 Å². The van der Waals surface area contributed by atoms with Crippen LogP contribution >= 0.6 is 11.3 Å². The minimum Gasteiger partial charge on any atom is -0.271 e. The van der Waals surface area contributed by atoms with Crippen molar-refractivity contribution >= 4 is 28.6 Å². The molecular weight excluding hydrogens is 354 g/mol. The topological polar surface area (TPSA) is 109 Å². The molecule has 2 aromatic rings. The second kappa shape index (κ2) is 7.73. The van der Waals surface area contributed by atoms with Gasteiger partial charge >= 0.3 is 0 Å². The van der Waals surface area contributed by atoms with Crippen molar-refractivity contribution in [3.8, 4) is 0 Å². The summed E-state index contributed by atoms with van der Waals surface area (Å²) in [5.74, 6) is -0.252. The predicted molar refractivity (Wildman–Crippen MR) is 99.9 cm³/mol. The fourth-order valence-corrected chi connectivity index (χ4v) is 3.62. The van der Waals surface area contributed by atoms with E-state index in [0.29, 0.717) is 17.7 Å². The average molecular weight is 373 g/mol. The number of nitrogens with one attached hydrogen (secondary N) is 3. The predicted octanol–water partition coefficient (Wildman–Crippen LogP) is 2.41. The molecule has 1 amide bonds. The first-order valence-electron chi connectivity index (χ1n) is 8.10. The van der Waals surface area contributed by atoms with Gasteiger partial charge in [-0.15, -0.1) is 11.3 Å². The molecule has 0 bridgehead atoms. The first-order valence-corrected chi connectivity index (χ1v) is 8.92. The number of nitro groups is 1. The van der Waals surface area contributed by atoms with Gasteiger partial charge in [0, 0.05) is 27.5 Å². The molecule has 1 aromatic heterocycles. The van der Waals surface area contributed by atoms with Crippen LogP contribution in [0.3, 0.4) is 0 Å². The summed E-state index contributed by atoms with van der Waals surface area (Å²) in [6.07, 6.45) is 0.622. The number of hydrogen-bond acceptors (Lipinski definition) is 7. The van der Waals surface area contributed by atoms with Crippen LogP contribution in [0.25, 0.3) is 0 Å². The van der Waals surface area contributed by atoms with Crippen LogP contribution < -0.4 is 16.3 Å². The summed E-state index contributed by atoms with van der Waals surface area (Å²) < 4.78 is 0. The van der Waals surface area contributed by atoms with Crippen molar-refractivity contribution in [2.75, 3.05) is 0 Å². The zero-order valence-corrected chi connectivity index (χ0v) is 15.2. The van der Waals surface area contributed by atoms with E-state index in [0.717, 1.165) is 0 Å². The van der Waals surface area contributed by atoms with Gasteiger partial charge in [-0.3, -0.25) is 14.9 Å². The van der Waals surface area contributed by atoms with Gasteiger partial charge in [-0.05, 0) is 32.4 Å². The highest BCUT2D eigenvalue weighted by molar-refractivity contribution is 7.12. The summed E-state index contributed by atoms with van der Waals surface area (Å²) in [5, 5.41) is 14.9. The van der Waals surface area contributed by atoms with Gasteiger partial charge in [0.2, 0.25) is 0 Å². The first kappa shape index (κ1) is 18.2. The summed E-state index contributed by atoms with van der Waals surface area (Å²) in [7, 11) is 0. The molecule has 3 N–H and O–H groups in total. The highest BCUT2D eigenvalue weighted by Gasteiger charge is 2.30. The van der Waals surface area contributed by atoms with E-state index in [4.69, 9.17) is 0 Å². The normalized spacial score (nSPS) is 20.2. The van der Waals surface area contributed by atoms with E-state index >= 15 is 0 Å². The maximum atomic E-state index is 12.3. The monoisotopic (exact) mass is 373 g/mol. The minimum absolute atomic E-state index is 0.0147. The van der Waals surface area contributed by atoms with Gasteiger partial charge in [-0.25, -0.2) is 16.3 Å². The van der Waals surface area contributed by atoms with Crippen LogP contribution in [0.2, 0.25) is 0 Å². The Morgan fingerprint density at radius 1 is 1.35 bits per heavy atom. The van der Waals surface area contributed by atoms with Crippen LogP contribution in [0.5, 0.6) is 0 Å². The highest BCUT2D eigenvalue weighted by atomic mass is 32.1. The number of carbonyl (C=O) groups excluding carboxylic acids is 1. The van der Waals surface area contributed by atoms with Gasteiger partial charge in [-0.1, -0.05) is 12.1 Å². The van der Waals surface area contributed by atoms with Crippen LogP contribution in [-0.4, -0.2) is 22.6 Å². The number of nitro benzene ring substituents is 1. The number of thiophene rings is 1. The van der Waals surface area contributed by atoms with E-state index in [1.165, 1.54) is 21.9 Å². The molecule has 1 saturated heterocycles. The quantitative estimate of drug-likeness (QED) is 0.424. The first-order chi connectivity index (χ1) is 12.4. The van der Waals surface area contributed by atoms with Gasteiger partial charge in [0.1, 0.15) is 6.04 Å². The molecule has 1 fully saturated rings. The third kappa shape index (κ3) is 4.13. The lowest BCUT2D eigenvalue weighted by Crippen LogP contribution is -2.41. The number of hydrazine groups is 1. The Kier molecular flexibility index (Phi) is 5.40. The fourth-order valence-electron chi connectivity index (χ4n) is 2.68. The number of benzene rings is 1. The lowest BCUT2D eigenvalue weighted by atomic mass is 10.1. The van der Waals surface area contributed by atoms with E-state index < -0.39 is 11.0 Å². The summed E-state index contributed by atoms with van der Waals surface area (Å²) in [5.41, 5.74) is 9.72. The standard InChI is InChI=1S/C17H19N5O3S/c1-10-6-7-16(26-10)14-9-15(20-19-14)17(23)21-18-11(2)12-4-3-5-13(8-12)22(24)25/h3-8,14-15,19-20H,9H2,1-2H3,(H,21,23)/b18-11-. The Morgan fingerprint density at radius 3 is 2.85 bits per heavy atom. The van der Waals surface area contributed by atoms with Crippen LogP contribution in [0, 0.1) is 17.0 Å². The number of amides is 1. The summed E-state index contributed by atoms with van der Waals surface area (Å²) in [6, 6.07) is 9.94. The maximum absolute atomic E-state index is 12.3. The Labute approximate surface area is 154 Å². The van der Waals surface area contributed by atoms with Crippen molar-refractivity contribution in [3.05, 3.63) is 61.8 Å². The van der Waals surface area contributed by atoms with E-state index in [2.05, 4.69) is 33.5 Å². The van der Waals surface area contributed by atoms with Gasteiger partial charge in [0.05, 0.1) is 16.7 Å². The molecule has 2 atom stereocenters. The van der Waals surface area contributed by atoms with E-state index in [1.54, 1.807) is 30.4 Å². The minimum atomic E-state index is -0.462. The molecule has 0 radical (unpaired) electrons. The molecule has 8 nitrogen and oxygen atoms in total. The van der Waals surface area contributed by atoms with Crippen LogP contribution in [-0.2, 0) is 4.79 Å². The third-order valence-corrected chi connectivity index (χ3v) is 5.25. The fraction of sp³-hybridized carbons (Fsp3) is 0.294. The van der Waals surface area contributed by atoms with Crippen molar-refractivity contribution in [1.82, 2.24) is 16.3 Å². The zero-order chi connectivity index (χ0) is 18.7. The van der Waals surface area contributed by atoms with E-state index in [9.17, 15) is 14.9 Å². The molecule has 2 heterocycles. The molecule has 136 valence electrons. The van der Waals surface area contributed by atoms with Gasteiger partial charge in [0.15, 0.2) is 0 Å². The zero-order valence-electron chi connectivity index (χ0n) is 14.4. The third-order valence-electron chi connectivity index (χ3n) is 4.13. The van der Waals surface area contributed by atoms with Crippen LogP contribution in [0.1, 0.15) is 34.7 Å². The Balaban J connectivity index is 1.60. The number of hydrazone groups is 1. The summed E-state index contributed by atoms with van der Waals surface area (Å²) >= 11 is 1.70. The van der Waals surface area contributed by atoms with E-state index in [-0.39, 0.29) is 17.6 Å². The van der Waals surface area contributed by atoms with Crippen molar-refractivity contribution in [2.24, 2.45) is 5.10 Å². The smallest absolute Gasteiger partial charge is 0.270 e. The highest BCUT2D eigenvalue weighted by Crippen LogP contribution is 2.28. The molecular formula is C17H19N5O3S. The Morgan fingerprint density at radius 2 is 2.15 bits per heavy atom. The lowest BCUT2D eigenvalue weighted by molar-refractivity contribution is -0.384. The second-order valence-electron chi connectivity index (χ2n) is 6.06. The number of rotatable bonds is 5. The van der Waals surface area contributed by atoms with Crippen LogP contribution in [0.15, 0.2) is 41.5 Å². The average Bonchev–Trinajstić information content (AvgIpc) is 3.28. The second-order valence-corrected chi connectivity index (χ2v) is 7.38. The Hall–Kier alpha value is -2.62. The van der Waals surface area contributed by atoms with Gasteiger partial charge < -0.3 is 0 Å². The number of hydrogen-bond donors (Lipinski definition) is 3. The largest absolute Gasteiger partial charge is 0.271 e. The molecule has 9 heteroatoms. The molecule has 0 aliphatic carbocycles. The lowest BCUT2D eigenvalue weighted by Gasteiger charge is -2.08. The molecule has 1 aromatic carbocycles. The summed E-state index contributed by atoms with van der Waals surface area (Å²) in [6.45, 7) is 3.74. The number of non-ortho nitro benzene ring substituents is 1. The van der Waals surface area contributed by atoms with Crippen molar-refractivity contribution in [1.29, 1.82) is 0 Å². The number of carbonyl (C=O) groups is 1. The molecule has 2 unspecified atom stereocenters. The summed E-state index contributed by atoms with van der Waals surface area (Å²) in [4.78, 5) is 25.1. The number of nitrogens with zero attached hydrogens (tertiary/aromatic N) is 2. The van der Waals surface area contributed by atoms with Gasteiger partial charge in [0.25, 0.3) is 11.6 Å². The Bertz CT molecular complexity index is 864. The molecule has 26 heavy (non-hydrogen) atoms. The molecule has 3 rings (SSSR count). The molecule has 0 saturated carbocycles. The van der Waals surface area contributed by atoms with Crippen molar-refractivity contribution in [2.45, 2.75) is 32.4 Å². The van der Waals surface area contributed by atoms with E-state index in [1.807, 2.05) is 6.92 Å². The molecule has 0 spiro atoms. The van der Waals surface area contributed by atoms with Crippen LogP contribution in [0.4, 0.5) is 5.69 Å². The maximum Gasteiger partial charge on any atom is 0.270 e. The molecule has 1 aliphatic heterocycles. The van der Waals surface area contributed by atoms with Gasteiger partial charge in [-0.2, -0.15) is 5.10 Å². The van der Waals surface area contributed by atoms with Crippen molar-refractivity contribution < 1.29 is 9.72 Å².